The number of hydrogen-bond donors (Lipinski definition) is 0. The molecule has 2 rings (SSSR count). The summed E-state index contributed by atoms with van der Waals surface area (Å²) in [5.74, 6) is 0.986. The minimum atomic E-state index is -0.465. The summed E-state index contributed by atoms with van der Waals surface area (Å²) in [5.41, 5.74) is 2.51. The predicted molar refractivity (Wildman–Crippen MR) is 109 cm³/mol. The number of esters is 1. The zero-order valence-corrected chi connectivity index (χ0v) is 16.6. The Labute approximate surface area is 165 Å². The van der Waals surface area contributed by atoms with Crippen molar-refractivity contribution in [2.45, 2.75) is 25.7 Å². The Morgan fingerprint density at radius 2 is 1.68 bits per heavy atom. The Hall–Kier alpha value is -3.08. The molecular formula is C23H26O5. The van der Waals surface area contributed by atoms with Crippen LogP contribution in [-0.2, 0) is 20.7 Å². The highest BCUT2D eigenvalue weighted by Crippen LogP contribution is 2.31. The molecule has 5 nitrogen and oxygen atoms in total. The summed E-state index contributed by atoms with van der Waals surface area (Å²) in [6, 6.07) is 15.1. The highest BCUT2D eigenvalue weighted by Gasteiger charge is 2.13. The molecule has 0 bridgehead atoms. The molecule has 5 heteroatoms. The zero-order valence-electron chi connectivity index (χ0n) is 16.6. The Bertz CT molecular complexity index is 824. The molecule has 0 N–H and O–H groups in total. The van der Waals surface area contributed by atoms with Crippen LogP contribution in [0.4, 0.5) is 0 Å². The van der Waals surface area contributed by atoms with E-state index < -0.39 is 5.97 Å². The average Bonchev–Trinajstić information content (AvgIpc) is 2.73. The fourth-order valence-electron chi connectivity index (χ4n) is 3.02. The van der Waals surface area contributed by atoms with E-state index >= 15 is 0 Å². The van der Waals surface area contributed by atoms with Gasteiger partial charge in [0.2, 0.25) is 0 Å². The first-order valence-electron chi connectivity index (χ1n) is 9.14. The number of benzene rings is 2. The van der Waals surface area contributed by atoms with E-state index in [4.69, 9.17) is 14.2 Å². The van der Waals surface area contributed by atoms with Crippen LogP contribution in [0.1, 0.15) is 30.4 Å². The lowest BCUT2D eigenvalue weighted by atomic mass is 9.97. The van der Waals surface area contributed by atoms with Gasteiger partial charge in [-0.1, -0.05) is 42.5 Å². The summed E-state index contributed by atoms with van der Waals surface area (Å²) in [6.45, 7) is 0. The fraction of sp³-hybridized carbons (Fsp3) is 0.304. The molecule has 0 amide bonds. The first kappa shape index (κ1) is 21.2. The van der Waals surface area contributed by atoms with Crippen LogP contribution in [0.2, 0.25) is 0 Å². The van der Waals surface area contributed by atoms with Gasteiger partial charge < -0.3 is 14.2 Å². The third-order valence-corrected chi connectivity index (χ3v) is 4.41. The summed E-state index contributed by atoms with van der Waals surface area (Å²) in [7, 11) is 4.53. The maximum atomic E-state index is 12.5. The number of aryl methyl sites for hydroxylation is 1. The zero-order chi connectivity index (χ0) is 20.4. The molecule has 0 saturated heterocycles. The molecule has 2 aromatic carbocycles. The maximum absolute atomic E-state index is 12.5. The molecule has 0 aromatic heterocycles. The molecule has 0 spiro atoms. The van der Waals surface area contributed by atoms with Crippen molar-refractivity contribution < 1.29 is 23.8 Å². The van der Waals surface area contributed by atoms with Gasteiger partial charge in [-0.3, -0.25) is 4.79 Å². The van der Waals surface area contributed by atoms with E-state index in [1.165, 1.54) is 13.2 Å². The number of carbonyl (C=O) groups excluding carboxylic acids is 2. The van der Waals surface area contributed by atoms with Gasteiger partial charge in [-0.15, -0.1) is 0 Å². The maximum Gasteiger partial charge on any atom is 0.330 e. The van der Waals surface area contributed by atoms with Gasteiger partial charge in [0.15, 0.2) is 11.5 Å². The second-order valence-corrected chi connectivity index (χ2v) is 6.28. The van der Waals surface area contributed by atoms with Gasteiger partial charge in [-0.05, 0) is 35.6 Å². The molecule has 0 fully saturated rings. The minimum Gasteiger partial charge on any atom is -0.493 e. The molecule has 0 aliphatic rings. The molecule has 0 atom stereocenters. The molecule has 0 unspecified atom stereocenters. The number of para-hydroxylation sites is 1. The van der Waals surface area contributed by atoms with Crippen LogP contribution in [0.5, 0.6) is 11.5 Å². The number of hydrogen-bond acceptors (Lipinski definition) is 5. The summed E-state index contributed by atoms with van der Waals surface area (Å²) in [5, 5.41) is 0. The predicted octanol–water partition coefficient (Wildman–Crippen LogP) is 4.24. The van der Waals surface area contributed by atoms with Gasteiger partial charge in [0.1, 0.15) is 5.78 Å². The Morgan fingerprint density at radius 1 is 0.929 bits per heavy atom. The van der Waals surface area contributed by atoms with Gasteiger partial charge in [-0.25, -0.2) is 4.79 Å². The number of ketones is 1. The van der Waals surface area contributed by atoms with Crippen molar-refractivity contribution >= 4 is 17.3 Å². The van der Waals surface area contributed by atoms with E-state index in [1.54, 1.807) is 14.2 Å². The smallest absolute Gasteiger partial charge is 0.330 e. The van der Waals surface area contributed by atoms with Crippen molar-refractivity contribution in [2.24, 2.45) is 0 Å². The number of rotatable bonds is 10. The third-order valence-electron chi connectivity index (χ3n) is 4.41. The highest BCUT2D eigenvalue weighted by atomic mass is 16.5. The Balaban J connectivity index is 2.00. The normalized spacial score (nSPS) is 11.0. The van der Waals surface area contributed by atoms with E-state index in [1.807, 2.05) is 48.5 Å². The molecule has 0 aliphatic carbocycles. The van der Waals surface area contributed by atoms with E-state index in [2.05, 4.69) is 0 Å². The molecule has 0 radical (unpaired) electrons. The molecule has 2 aromatic rings. The van der Waals surface area contributed by atoms with Gasteiger partial charge in [-0.2, -0.15) is 0 Å². The second kappa shape index (κ2) is 10.9. The van der Waals surface area contributed by atoms with Crippen LogP contribution in [0.3, 0.4) is 0 Å². The Morgan fingerprint density at radius 3 is 2.32 bits per heavy atom. The van der Waals surface area contributed by atoms with Gasteiger partial charge >= 0.3 is 5.97 Å². The van der Waals surface area contributed by atoms with Crippen LogP contribution in [-0.4, -0.2) is 33.1 Å². The van der Waals surface area contributed by atoms with Gasteiger partial charge in [0.25, 0.3) is 0 Å². The summed E-state index contributed by atoms with van der Waals surface area (Å²) >= 11 is 0. The standard InChI is InChI=1S/C23H26O5/c1-26-21-14-8-12-18(23(21)28-3)11-7-13-20(24)15-19(16-22(25)27-2)17-9-5-4-6-10-17/h4-6,8-10,12,14,16H,7,11,13,15H2,1-3H3/b19-16+. The topological polar surface area (TPSA) is 61.8 Å². The van der Waals surface area contributed by atoms with Crippen LogP contribution in [0.15, 0.2) is 54.6 Å². The van der Waals surface area contributed by atoms with E-state index in [-0.39, 0.29) is 12.2 Å². The number of methoxy groups -OCH3 is 3. The molecule has 0 saturated carbocycles. The Kier molecular flexibility index (Phi) is 8.28. The molecule has 0 heterocycles. The average molecular weight is 382 g/mol. The van der Waals surface area contributed by atoms with Gasteiger partial charge in [0.05, 0.1) is 21.3 Å². The number of Topliss-reactive ketones (excluding diaryl/α,β-unsaturated/α-hetero) is 1. The molecular weight excluding hydrogens is 356 g/mol. The van der Waals surface area contributed by atoms with Gasteiger partial charge in [0, 0.05) is 18.9 Å². The first-order chi connectivity index (χ1) is 13.6. The van der Waals surface area contributed by atoms with Crippen molar-refractivity contribution in [1.29, 1.82) is 0 Å². The lowest BCUT2D eigenvalue weighted by molar-refractivity contribution is -0.134. The lowest BCUT2D eigenvalue weighted by Gasteiger charge is -2.12. The number of ether oxygens (including phenoxy) is 3. The quantitative estimate of drug-likeness (QED) is 0.454. The SMILES string of the molecule is COC(=O)/C=C(\CC(=O)CCCc1cccc(OC)c1OC)c1ccccc1. The first-order valence-corrected chi connectivity index (χ1v) is 9.14. The van der Waals surface area contributed by atoms with Crippen molar-refractivity contribution in [2.75, 3.05) is 21.3 Å². The van der Waals surface area contributed by atoms with Crippen molar-refractivity contribution in [3.8, 4) is 11.5 Å². The second-order valence-electron chi connectivity index (χ2n) is 6.28. The molecule has 0 aliphatic heterocycles. The summed E-state index contributed by atoms with van der Waals surface area (Å²) < 4.78 is 15.5. The van der Waals surface area contributed by atoms with Crippen LogP contribution < -0.4 is 9.47 Å². The number of allylic oxidation sites excluding steroid dienone is 1. The molecule has 148 valence electrons. The van der Waals surface area contributed by atoms with Crippen LogP contribution in [0, 0.1) is 0 Å². The van der Waals surface area contributed by atoms with Crippen molar-refractivity contribution in [3.05, 3.63) is 65.7 Å². The van der Waals surface area contributed by atoms with E-state index in [0.29, 0.717) is 36.3 Å². The minimum absolute atomic E-state index is 0.0702. The summed E-state index contributed by atoms with van der Waals surface area (Å²) in [4.78, 5) is 24.2. The van der Waals surface area contributed by atoms with Crippen LogP contribution in [0.25, 0.3) is 5.57 Å². The van der Waals surface area contributed by atoms with E-state index in [0.717, 1.165) is 11.1 Å². The number of carbonyl (C=O) groups is 2. The largest absolute Gasteiger partial charge is 0.493 e. The van der Waals surface area contributed by atoms with Crippen LogP contribution >= 0.6 is 0 Å². The lowest BCUT2D eigenvalue weighted by Crippen LogP contribution is -2.04. The highest BCUT2D eigenvalue weighted by molar-refractivity contribution is 5.97. The monoisotopic (exact) mass is 382 g/mol. The molecule has 28 heavy (non-hydrogen) atoms. The van der Waals surface area contributed by atoms with Crippen molar-refractivity contribution in [3.63, 3.8) is 0 Å². The fourth-order valence-corrected chi connectivity index (χ4v) is 3.02. The summed E-state index contributed by atoms with van der Waals surface area (Å²) in [6.07, 6.45) is 3.37. The van der Waals surface area contributed by atoms with E-state index in [9.17, 15) is 9.59 Å². The third kappa shape index (κ3) is 5.98. The van der Waals surface area contributed by atoms with Crippen molar-refractivity contribution in [1.82, 2.24) is 0 Å².